The smallest absolute Gasteiger partial charge is 0.0900 e. The summed E-state index contributed by atoms with van der Waals surface area (Å²) < 4.78 is 10.9. The average Bonchev–Trinajstić information content (AvgIpc) is 2.64. The second-order valence-electron chi connectivity index (χ2n) is 4.92. The summed E-state index contributed by atoms with van der Waals surface area (Å²) in [5.74, 6) is 0. The molecule has 1 aliphatic heterocycles. The van der Waals surface area contributed by atoms with Crippen LogP contribution >= 0.6 is 0 Å². The zero-order valence-electron chi connectivity index (χ0n) is 11.3. The number of β-amino-alcohol motifs (C(OH)–C–C–N with tert-alkyl or cyclic N) is 1. The second-order valence-corrected chi connectivity index (χ2v) is 4.92. The fraction of sp³-hybridized carbons (Fsp3) is 0.600. The Morgan fingerprint density at radius 2 is 2.16 bits per heavy atom. The van der Waals surface area contributed by atoms with Gasteiger partial charge in [0.2, 0.25) is 0 Å². The van der Waals surface area contributed by atoms with E-state index in [-0.39, 0.29) is 6.10 Å². The molecule has 19 heavy (non-hydrogen) atoms. The minimum atomic E-state index is -0.354. The van der Waals surface area contributed by atoms with Gasteiger partial charge in [-0.2, -0.15) is 0 Å². The molecule has 0 spiro atoms. The first-order valence-corrected chi connectivity index (χ1v) is 6.94. The lowest BCUT2D eigenvalue weighted by molar-refractivity contribution is 0.0556. The Hall–Kier alpha value is -0.940. The van der Waals surface area contributed by atoms with Gasteiger partial charge in [0.05, 0.1) is 25.9 Å². The Kier molecular flexibility index (Phi) is 6.30. The van der Waals surface area contributed by atoms with Crippen LogP contribution in [0.25, 0.3) is 0 Å². The van der Waals surface area contributed by atoms with Crippen molar-refractivity contribution in [2.24, 2.45) is 0 Å². The molecule has 1 heterocycles. The topological polar surface area (TPSA) is 41.9 Å². The zero-order valence-corrected chi connectivity index (χ0v) is 11.3. The molecule has 0 aliphatic carbocycles. The Labute approximate surface area is 114 Å². The van der Waals surface area contributed by atoms with Crippen LogP contribution in [0.2, 0.25) is 0 Å². The number of benzene rings is 1. The standard InChI is InChI=1S/C15H23NO3/c17-15-11-16(8-10-19-13-15)7-4-9-18-12-14-5-2-1-3-6-14/h1-3,5-6,15,17H,4,7-13H2/t15-/m1/s1. The number of ether oxygens (including phenoxy) is 2. The van der Waals surface area contributed by atoms with E-state index in [2.05, 4.69) is 17.0 Å². The van der Waals surface area contributed by atoms with Gasteiger partial charge in [0, 0.05) is 26.2 Å². The summed E-state index contributed by atoms with van der Waals surface area (Å²) in [5, 5.41) is 9.61. The van der Waals surface area contributed by atoms with Crippen LogP contribution in [0.4, 0.5) is 0 Å². The van der Waals surface area contributed by atoms with Crippen LogP contribution in [0, 0.1) is 0 Å². The molecular weight excluding hydrogens is 242 g/mol. The zero-order chi connectivity index (χ0) is 13.3. The summed E-state index contributed by atoms with van der Waals surface area (Å²) in [5.41, 5.74) is 1.21. The fourth-order valence-corrected chi connectivity index (χ4v) is 2.21. The maximum atomic E-state index is 9.61. The average molecular weight is 265 g/mol. The van der Waals surface area contributed by atoms with Crippen LogP contribution in [-0.4, -0.2) is 55.6 Å². The predicted octanol–water partition coefficient (Wildman–Crippen LogP) is 1.29. The minimum Gasteiger partial charge on any atom is -0.389 e. The summed E-state index contributed by atoms with van der Waals surface area (Å²) in [4.78, 5) is 2.24. The summed E-state index contributed by atoms with van der Waals surface area (Å²) in [6.07, 6.45) is 0.632. The molecule has 4 nitrogen and oxygen atoms in total. The SMILES string of the molecule is O[C@H]1COCCN(CCCOCc2ccccc2)C1. The van der Waals surface area contributed by atoms with E-state index in [0.717, 1.165) is 26.1 Å². The summed E-state index contributed by atoms with van der Waals surface area (Å²) in [6, 6.07) is 10.2. The van der Waals surface area contributed by atoms with Crippen molar-refractivity contribution in [2.45, 2.75) is 19.1 Å². The molecule has 1 aromatic carbocycles. The fourth-order valence-electron chi connectivity index (χ4n) is 2.21. The first kappa shape index (κ1) is 14.5. The van der Waals surface area contributed by atoms with Gasteiger partial charge in [0.15, 0.2) is 0 Å². The number of nitrogens with zero attached hydrogens (tertiary/aromatic N) is 1. The van der Waals surface area contributed by atoms with Gasteiger partial charge >= 0.3 is 0 Å². The van der Waals surface area contributed by atoms with Crippen LogP contribution in [0.5, 0.6) is 0 Å². The van der Waals surface area contributed by atoms with Crippen molar-refractivity contribution in [2.75, 3.05) is 39.5 Å². The van der Waals surface area contributed by atoms with Crippen molar-refractivity contribution in [3.63, 3.8) is 0 Å². The molecule has 0 amide bonds. The highest BCUT2D eigenvalue weighted by molar-refractivity contribution is 5.13. The second kappa shape index (κ2) is 8.27. The molecule has 2 rings (SSSR count). The van der Waals surface area contributed by atoms with Gasteiger partial charge in [0.1, 0.15) is 0 Å². The van der Waals surface area contributed by atoms with Gasteiger partial charge in [-0.25, -0.2) is 0 Å². The lowest BCUT2D eigenvalue weighted by Gasteiger charge is -2.20. The van der Waals surface area contributed by atoms with E-state index >= 15 is 0 Å². The van der Waals surface area contributed by atoms with E-state index < -0.39 is 0 Å². The third-order valence-corrected chi connectivity index (χ3v) is 3.21. The molecule has 4 heteroatoms. The van der Waals surface area contributed by atoms with Gasteiger partial charge < -0.3 is 14.6 Å². The molecule has 1 aromatic rings. The molecule has 1 aliphatic rings. The summed E-state index contributed by atoms with van der Waals surface area (Å²) in [7, 11) is 0. The molecular formula is C15H23NO3. The van der Waals surface area contributed by atoms with E-state index in [1.165, 1.54) is 5.56 Å². The van der Waals surface area contributed by atoms with Gasteiger partial charge in [-0.15, -0.1) is 0 Å². The minimum absolute atomic E-state index is 0.354. The van der Waals surface area contributed by atoms with E-state index in [4.69, 9.17) is 9.47 Å². The van der Waals surface area contributed by atoms with Gasteiger partial charge in [-0.1, -0.05) is 30.3 Å². The molecule has 106 valence electrons. The van der Waals surface area contributed by atoms with E-state index in [1.807, 2.05) is 18.2 Å². The molecule has 0 radical (unpaired) electrons. The van der Waals surface area contributed by atoms with E-state index in [0.29, 0.717) is 26.4 Å². The molecule has 0 bridgehead atoms. The highest BCUT2D eigenvalue weighted by atomic mass is 16.5. The highest BCUT2D eigenvalue weighted by Gasteiger charge is 2.15. The predicted molar refractivity (Wildman–Crippen MR) is 74.0 cm³/mol. The van der Waals surface area contributed by atoms with Crippen molar-refractivity contribution in [3.8, 4) is 0 Å². The van der Waals surface area contributed by atoms with Crippen molar-refractivity contribution < 1.29 is 14.6 Å². The maximum Gasteiger partial charge on any atom is 0.0900 e. The number of hydrogen-bond acceptors (Lipinski definition) is 4. The van der Waals surface area contributed by atoms with E-state index in [1.54, 1.807) is 0 Å². The summed E-state index contributed by atoms with van der Waals surface area (Å²) in [6.45, 7) is 5.15. The van der Waals surface area contributed by atoms with Crippen LogP contribution in [0.15, 0.2) is 30.3 Å². The largest absolute Gasteiger partial charge is 0.389 e. The van der Waals surface area contributed by atoms with Gasteiger partial charge in [0.25, 0.3) is 0 Å². The molecule has 0 saturated carbocycles. The Morgan fingerprint density at radius 3 is 3.00 bits per heavy atom. The van der Waals surface area contributed by atoms with Crippen LogP contribution in [-0.2, 0) is 16.1 Å². The van der Waals surface area contributed by atoms with Crippen LogP contribution in [0.1, 0.15) is 12.0 Å². The van der Waals surface area contributed by atoms with Crippen LogP contribution in [0.3, 0.4) is 0 Å². The third kappa shape index (κ3) is 5.70. The van der Waals surface area contributed by atoms with Crippen molar-refractivity contribution in [1.29, 1.82) is 0 Å². The Morgan fingerprint density at radius 1 is 1.32 bits per heavy atom. The lowest BCUT2D eigenvalue weighted by Crippen LogP contribution is -2.33. The molecule has 1 atom stereocenters. The first-order valence-electron chi connectivity index (χ1n) is 6.94. The number of aliphatic hydroxyl groups is 1. The van der Waals surface area contributed by atoms with Crippen molar-refractivity contribution in [1.82, 2.24) is 4.90 Å². The quantitative estimate of drug-likeness (QED) is 0.787. The normalized spacial score (nSPS) is 21.2. The van der Waals surface area contributed by atoms with Crippen molar-refractivity contribution >= 4 is 0 Å². The lowest BCUT2D eigenvalue weighted by atomic mass is 10.2. The Bertz CT molecular complexity index is 345. The molecule has 1 fully saturated rings. The van der Waals surface area contributed by atoms with E-state index in [9.17, 15) is 5.11 Å². The third-order valence-electron chi connectivity index (χ3n) is 3.21. The van der Waals surface area contributed by atoms with Gasteiger partial charge in [-0.05, 0) is 12.0 Å². The molecule has 0 aromatic heterocycles. The highest BCUT2D eigenvalue weighted by Crippen LogP contribution is 2.03. The number of hydrogen-bond donors (Lipinski definition) is 1. The Balaban J connectivity index is 1.56. The van der Waals surface area contributed by atoms with Crippen molar-refractivity contribution in [3.05, 3.63) is 35.9 Å². The summed E-state index contributed by atoms with van der Waals surface area (Å²) >= 11 is 0. The van der Waals surface area contributed by atoms with Crippen LogP contribution < -0.4 is 0 Å². The first-order chi connectivity index (χ1) is 9.34. The monoisotopic (exact) mass is 265 g/mol. The van der Waals surface area contributed by atoms with Gasteiger partial charge in [-0.3, -0.25) is 4.90 Å². The molecule has 0 unspecified atom stereocenters. The number of aliphatic hydroxyl groups excluding tert-OH is 1. The maximum absolute atomic E-state index is 9.61. The number of rotatable bonds is 6. The molecule has 1 N–H and O–H groups in total. The molecule has 1 saturated heterocycles.